The van der Waals surface area contributed by atoms with Crippen LogP contribution in [0.2, 0.25) is 0 Å². The number of halogens is 2. The fourth-order valence-electron chi connectivity index (χ4n) is 4.81. The van der Waals surface area contributed by atoms with Crippen LogP contribution in [0.25, 0.3) is 0 Å². The fourth-order valence-corrected chi connectivity index (χ4v) is 4.81. The van der Waals surface area contributed by atoms with Crippen LogP contribution in [0.5, 0.6) is 0 Å². The number of hydrogen-bond acceptors (Lipinski definition) is 6. The number of aliphatic hydroxyl groups is 1. The minimum Gasteiger partial charge on any atom is -0.478 e. The molecular weight excluding hydrogens is 546 g/mol. The fraction of sp³-hybridized carbons (Fsp3) is 0.312. The summed E-state index contributed by atoms with van der Waals surface area (Å²) in [4.78, 5) is 23.8. The van der Waals surface area contributed by atoms with Crippen LogP contribution < -0.4 is 0 Å². The monoisotopic (exact) mass is 582 g/mol. The second-order valence-corrected chi connectivity index (χ2v) is 9.84. The molecule has 0 bridgehead atoms. The molecular formula is C32H36F2N2O6. The lowest BCUT2D eigenvalue weighted by molar-refractivity contribution is -0.134. The lowest BCUT2D eigenvalue weighted by atomic mass is 10.00. The summed E-state index contributed by atoms with van der Waals surface area (Å²) in [6.45, 7) is 6.61. The van der Waals surface area contributed by atoms with Crippen molar-refractivity contribution < 1.29 is 38.4 Å². The first-order chi connectivity index (χ1) is 20.1. The Morgan fingerprint density at radius 1 is 0.786 bits per heavy atom. The van der Waals surface area contributed by atoms with Crippen LogP contribution in [0.15, 0.2) is 91.0 Å². The third-order valence-corrected chi connectivity index (χ3v) is 6.80. The van der Waals surface area contributed by atoms with E-state index in [1.807, 2.05) is 25.1 Å². The predicted molar refractivity (Wildman–Crippen MR) is 154 cm³/mol. The van der Waals surface area contributed by atoms with E-state index in [4.69, 9.17) is 14.9 Å². The molecule has 0 spiro atoms. The summed E-state index contributed by atoms with van der Waals surface area (Å²) >= 11 is 0. The minimum atomic E-state index is -1.26. The largest absolute Gasteiger partial charge is 0.478 e. The third-order valence-electron chi connectivity index (χ3n) is 6.80. The molecule has 0 saturated carbocycles. The first-order valence-electron chi connectivity index (χ1n) is 13.6. The average molecular weight is 583 g/mol. The molecule has 1 fully saturated rings. The molecule has 3 N–H and O–H groups in total. The summed E-state index contributed by atoms with van der Waals surface area (Å²) in [5, 5.41) is 26.0. The molecule has 2 atom stereocenters. The van der Waals surface area contributed by atoms with Crippen LogP contribution in [-0.4, -0.2) is 82.5 Å². The molecule has 0 aliphatic carbocycles. The van der Waals surface area contributed by atoms with Gasteiger partial charge >= 0.3 is 11.9 Å². The van der Waals surface area contributed by atoms with Gasteiger partial charge in [0.05, 0.1) is 18.8 Å². The summed E-state index contributed by atoms with van der Waals surface area (Å²) < 4.78 is 33.1. The van der Waals surface area contributed by atoms with E-state index in [0.717, 1.165) is 49.4 Å². The number of nitrogens with zero attached hydrogens (tertiary/aromatic N) is 2. The number of benzene rings is 3. The van der Waals surface area contributed by atoms with Gasteiger partial charge in [-0.3, -0.25) is 9.80 Å². The highest BCUT2D eigenvalue weighted by Gasteiger charge is 2.28. The zero-order valence-electron chi connectivity index (χ0n) is 23.4. The molecule has 8 nitrogen and oxygen atoms in total. The average Bonchev–Trinajstić information content (AvgIpc) is 2.97. The van der Waals surface area contributed by atoms with Crippen LogP contribution in [0.3, 0.4) is 0 Å². The Morgan fingerprint density at radius 2 is 1.26 bits per heavy atom. The second kappa shape index (κ2) is 16.5. The molecule has 42 heavy (non-hydrogen) atoms. The zero-order chi connectivity index (χ0) is 30.5. The molecule has 3 aromatic rings. The summed E-state index contributed by atoms with van der Waals surface area (Å²) in [7, 11) is 0. The first-order valence-corrected chi connectivity index (χ1v) is 13.6. The van der Waals surface area contributed by atoms with Gasteiger partial charge in [0.25, 0.3) is 0 Å². The van der Waals surface area contributed by atoms with E-state index in [9.17, 15) is 23.5 Å². The van der Waals surface area contributed by atoms with E-state index in [-0.39, 0.29) is 23.8 Å². The number of carboxylic acid groups (broad SMARTS) is 2. The molecule has 3 aromatic carbocycles. The third kappa shape index (κ3) is 10.5. The van der Waals surface area contributed by atoms with E-state index in [0.29, 0.717) is 18.8 Å². The van der Waals surface area contributed by atoms with Gasteiger partial charge in [-0.25, -0.2) is 18.4 Å². The predicted octanol–water partition coefficient (Wildman–Crippen LogP) is 4.52. The molecule has 1 saturated heterocycles. The van der Waals surface area contributed by atoms with Crippen LogP contribution in [-0.2, 0) is 14.3 Å². The first kappa shape index (κ1) is 32.6. The van der Waals surface area contributed by atoms with Crippen molar-refractivity contribution in [2.24, 2.45) is 0 Å². The highest BCUT2D eigenvalue weighted by molar-refractivity contribution is 5.89. The van der Waals surface area contributed by atoms with E-state index >= 15 is 0 Å². The van der Waals surface area contributed by atoms with Gasteiger partial charge in [-0.05, 0) is 47.9 Å². The number of piperazine rings is 1. The maximum Gasteiger partial charge on any atom is 0.328 e. The van der Waals surface area contributed by atoms with E-state index < -0.39 is 18.0 Å². The van der Waals surface area contributed by atoms with Crippen LogP contribution in [0.4, 0.5) is 8.78 Å². The van der Waals surface area contributed by atoms with Crippen molar-refractivity contribution in [1.29, 1.82) is 0 Å². The molecule has 1 aliphatic rings. The summed E-state index contributed by atoms with van der Waals surface area (Å²) in [6.07, 6.45) is 0.273. The Kier molecular flexibility index (Phi) is 12.8. The number of aliphatic carboxylic acids is 2. The second-order valence-electron chi connectivity index (χ2n) is 9.84. The molecule has 4 rings (SSSR count). The number of ether oxygens (including phenoxy) is 1. The molecule has 10 heteroatoms. The molecule has 0 unspecified atom stereocenters. The Bertz CT molecular complexity index is 1220. The maximum atomic E-state index is 13.4. The van der Waals surface area contributed by atoms with Crippen molar-refractivity contribution in [3.63, 3.8) is 0 Å². The normalized spacial score (nSPS) is 15.6. The molecule has 0 aromatic heterocycles. The van der Waals surface area contributed by atoms with E-state index in [1.54, 1.807) is 24.3 Å². The lowest BCUT2D eigenvalue weighted by Gasteiger charge is -2.40. The van der Waals surface area contributed by atoms with Crippen molar-refractivity contribution in [1.82, 2.24) is 9.80 Å². The van der Waals surface area contributed by atoms with Crippen LogP contribution in [0, 0.1) is 11.6 Å². The van der Waals surface area contributed by atoms with Gasteiger partial charge in [0.15, 0.2) is 0 Å². The van der Waals surface area contributed by atoms with E-state index in [2.05, 4.69) is 21.9 Å². The summed E-state index contributed by atoms with van der Waals surface area (Å²) in [5.41, 5.74) is 2.80. The quantitative estimate of drug-likeness (QED) is 0.283. The number of rotatable bonds is 11. The van der Waals surface area contributed by atoms with Crippen LogP contribution in [0.1, 0.15) is 35.8 Å². The molecule has 224 valence electrons. The van der Waals surface area contributed by atoms with Gasteiger partial charge < -0.3 is 20.1 Å². The van der Waals surface area contributed by atoms with Gasteiger partial charge in [0, 0.05) is 44.9 Å². The number of carboxylic acids is 2. The van der Waals surface area contributed by atoms with Crippen molar-refractivity contribution in [2.75, 3.05) is 39.3 Å². The van der Waals surface area contributed by atoms with Gasteiger partial charge in [0.2, 0.25) is 0 Å². The van der Waals surface area contributed by atoms with Gasteiger partial charge in [-0.1, -0.05) is 54.6 Å². The Balaban J connectivity index is 0.000000531. The molecule has 0 radical (unpaired) electrons. The van der Waals surface area contributed by atoms with Crippen molar-refractivity contribution in [2.45, 2.75) is 25.2 Å². The number of aliphatic hydroxyl groups excluding tert-OH is 1. The highest BCUT2D eigenvalue weighted by Crippen LogP contribution is 2.28. The number of carbonyl (C=O) groups is 2. The topological polar surface area (TPSA) is 111 Å². The lowest BCUT2D eigenvalue weighted by Crippen LogP contribution is -2.50. The highest BCUT2D eigenvalue weighted by atomic mass is 19.1. The Hall–Kier alpha value is -3.96. The standard InChI is InChI=1S/C28H32F2N2O2.C4H4O4/c1-21(33)27(22-5-3-2-4-6-22)32-17-15-31(16-18-32)19-20-34-28(23-7-11-25(29)12-8-23)24-9-13-26(30)14-10-24;5-3(6)1-2-4(7)8/h2-14,21,27-28,33H,15-20H2,1H3;1-2H,(H,5,6)(H,7,8)/b;2-1+/t21-,27-;/m0./s1. The minimum absolute atomic E-state index is 0.0130. The summed E-state index contributed by atoms with van der Waals surface area (Å²) in [5.74, 6) is -3.12. The van der Waals surface area contributed by atoms with Crippen LogP contribution >= 0.6 is 0 Å². The molecule has 1 heterocycles. The van der Waals surface area contributed by atoms with Gasteiger partial charge in [-0.2, -0.15) is 0 Å². The SMILES string of the molecule is C[C@H](O)[C@@H](c1ccccc1)N1CCN(CCOC(c2ccc(F)cc2)c2ccc(F)cc2)CC1.O=C(O)/C=C/C(=O)O. The molecule has 0 amide bonds. The number of hydrogen-bond donors (Lipinski definition) is 3. The zero-order valence-corrected chi connectivity index (χ0v) is 23.4. The van der Waals surface area contributed by atoms with Gasteiger partial charge in [-0.15, -0.1) is 0 Å². The van der Waals surface area contributed by atoms with Crippen molar-refractivity contribution >= 4 is 11.9 Å². The maximum absolute atomic E-state index is 13.4. The smallest absolute Gasteiger partial charge is 0.328 e. The molecule has 1 aliphatic heterocycles. The summed E-state index contributed by atoms with van der Waals surface area (Å²) in [6, 6.07) is 22.7. The van der Waals surface area contributed by atoms with Crippen molar-refractivity contribution in [3.05, 3.63) is 119 Å². The van der Waals surface area contributed by atoms with Gasteiger partial charge in [0.1, 0.15) is 17.7 Å². The Labute approximate surface area is 244 Å². The Morgan fingerprint density at radius 3 is 1.69 bits per heavy atom. The van der Waals surface area contributed by atoms with Crippen molar-refractivity contribution in [3.8, 4) is 0 Å². The van der Waals surface area contributed by atoms with E-state index in [1.165, 1.54) is 24.3 Å².